The molecule has 2 rings (SSSR count). The van der Waals surface area contributed by atoms with Gasteiger partial charge in [0.2, 0.25) is 0 Å². The molecule has 1 amide bonds. The lowest BCUT2D eigenvalue weighted by Crippen LogP contribution is -2.22. The number of carbonyl (C=O) groups is 3. The molecule has 0 aliphatic carbocycles. The first-order chi connectivity index (χ1) is 12.9. The predicted molar refractivity (Wildman–Crippen MR) is 99.7 cm³/mol. The summed E-state index contributed by atoms with van der Waals surface area (Å²) in [4.78, 5) is 37.2. The number of esters is 2. The summed E-state index contributed by atoms with van der Waals surface area (Å²) in [6, 6.07) is 4.98. The Bertz CT molecular complexity index is 862. The van der Waals surface area contributed by atoms with Gasteiger partial charge >= 0.3 is 11.9 Å². The lowest BCUT2D eigenvalue weighted by molar-refractivity contribution is -0.119. The number of thiophene rings is 1. The largest absolute Gasteiger partial charge is 0.462 e. The van der Waals surface area contributed by atoms with Crippen molar-refractivity contribution in [3.05, 3.63) is 51.7 Å². The van der Waals surface area contributed by atoms with Crippen LogP contribution in [0.1, 0.15) is 45.0 Å². The van der Waals surface area contributed by atoms with E-state index in [0.29, 0.717) is 17.0 Å². The quantitative estimate of drug-likeness (QED) is 0.725. The third-order valence-electron chi connectivity index (χ3n) is 3.69. The van der Waals surface area contributed by atoms with E-state index in [1.165, 1.54) is 29.5 Å². The van der Waals surface area contributed by atoms with Crippen molar-refractivity contribution in [2.24, 2.45) is 0 Å². The number of carbonyl (C=O) groups excluding carboxylic acids is 3. The summed E-state index contributed by atoms with van der Waals surface area (Å²) in [5.41, 5.74) is 1.15. The summed E-state index contributed by atoms with van der Waals surface area (Å²) in [7, 11) is 0. The number of nitrogens with one attached hydrogen (secondary N) is 1. The van der Waals surface area contributed by atoms with Crippen molar-refractivity contribution < 1.29 is 28.2 Å². The highest BCUT2D eigenvalue weighted by Gasteiger charge is 2.23. The van der Waals surface area contributed by atoms with Crippen LogP contribution in [0.4, 0.5) is 9.39 Å². The van der Waals surface area contributed by atoms with E-state index in [4.69, 9.17) is 9.47 Å². The maximum Gasteiger partial charge on any atom is 0.341 e. The monoisotopic (exact) mass is 393 g/mol. The fraction of sp³-hybridized carbons (Fsp3) is 0.316. The molecule has 0 atom stereocenters. The molecule has 8 heteroatoms. The number of aryl methyl sites for hydroxylation is 1. The Labute approximate surface area is 160 Å². The number of benzene rings is 1. The van der Waals surface area contributed by atoms with E-state index < -0.39 is 30.3 Å². The van der Waals surface area contributed by atoms with Crippen molar-refractivity contribution in [1.82, 2.24) is 0 Å². The Kier molecular flexibility index (Phi) is 7.06. The van der Waals surface area contributed by atoms with Crippen molar-refractivity contribution in [2.45, 2.75) is 27.2 Å². The summed E-state index contributed by atoms with van der Waals surface area (Å²) in [6.07, 6.45) is 0.612. The van der Waals surface area contributed by atoms with Crippen LogP contribution in [0.3, 0.4) is 0 Å². The molecule has 1 heterocycles. The van der Waals surface area contributed by atoms with Gasteiger partial charge < -0.3 is 14.8 Å². The van der Waals surface area contributed by atoms with Gasteiger partial charge in [0.25, 0.3) is 5.91 Å². The molecule has 0 aliphatic rings. The van der Waals surface area contributed by atoms with Crippen molar-refractivity contribution in [1.29, 1.82) is 0 Å². The molecule has 1 N–H and O–H groups in total. The van der Waals surface area contributed by atoms with Crippen molar-refractivity contribution in [3.8, 4) is 0 Å². The van der Waals surface area contributed by atoms with E-state index in [1.807, 2.05) is 13.8 Å². The fourth-order valence-corrected chi connectivity index (χ4v) is 3.65. The van der Waals surface area contributed by atoms with E-state index >= 15 is 0 Å². The minimum absolute atomic E-state index is 0.00949. The normalized spacial score (nSPS) is 10.4. The number of halogens is 1. The Morgan fingerprint density at radius 2 is 1.89 bits per heavy atom. The van der Waals surface area contributed by atoms with Crippen LogP contribution in [-0.4, -0.2) is 31.1 Å². The van der Waals surface area contributed by atoms with Gasteiger partial charge in [-0.05, 0) is 44.0 Å². The van der Waals surface area contributed by atoms with Crippen LogP contribution in [0.5, 0.6) is 0 Å². The topological polar surface area (TPSA) is 81.7 Å². The van der Waals surface area contributed by atoms with E-state index in [1.54, 1.807) is 6.92 Å². The highest BCUT2D eigenvalue weighted by atomic mass is 32.1. The second-order valence-corrected chi connectivity index (χ2v) is 6.77. The molecule has 2 aromatic rings. The summed E-state index contributed by atoms with van der Waals surface area (Å²) >= 11 is 1.26. The maximum atomic E-state index is 13.1. The zero-order chi connectivity index (χ0) is 20.0. The lowest BCUT2D eigenvalue weighted by atomic mass is 10.1. The van der Waals surface area contributed by atoms with Gasteiger partial charge in [0.15, 0.2) is 6.61 Å². The molecule has 0 bridgehead atoms. The molecule has 0 fully saturated rings. The molecule has 1 aromatic heterocycles. The smallest absolute Gasteiger partial charge is 0.341 e. The standard InChI is InChI=1S/C19H20FNO5S/c1-4-14-11(3)27-17(16(14)19(24)25-5-2)21-15(22)10-26-18(23)12-7-6-8-13(20)9-12/h6-9H,4-5,10H2,1-3H3,(H,21,22). The van der Waals surface area contributed by atoms with Crippen LogP contribution in [0, 0.1) is 12.7 Å². The van der Waals surface area contributed by atoms with Crippen LogP contribution in [0.15, 0.2) is 24.3 Å². The van der Waals surface area contributed by atoms with Crippen LogP contribution in [0.25, 0.3) is 0 Å². The molecule has 0 aliphatic heterocycles. The Hall–Kier alpha value is -2.74. The fourth-order valence-electron chi connectivity index (χ4n) is 2.50. The van der Waals surface area contributed by atoms with E-state index in [-0.39, 0.29) is 12.2 Å². The first-order valence-electron chi connectivity index (χ1n) is 8.39. The molecular weight excluding hydrogens is 373 g/mol. The summed E-state index contributed by atoms with van der Waals surface area (Å²) < 4.78 is 23.1. The van der Waals surface area contributed by atoms with Gasteiger partial charge in [-0.25, -0.2) is 14.0 Å². The van der Waals surface area contributed by atoms with E-state index in [2.05, 4.69) is 5.32 Å². The second-order valence-electron chi connectivity index (χ2n) is 5.55. The van der Waals surface area contributed by atoms with Gasteiger partial charge in [-0.2, -0.15) is 0 Å². The SMILES string of the molecule is CCOC(=O)c1c(NC(=O)COC(=O)c2cccc(F)c2)sc(C)c1CC. The zero-order valence-corrected chi connectivity index (χ0v) is 16.1. The third kappa shape index (κ3) is 5.13. The Morgan fingerprint density at radius 1 is 1.15 bits per heavy atom. The average molecular weight is 393 g/mol. The molecule has 0 unspecified atom stereocenters. The number of ether oxygens (including phenoxy) is 2. The van der Waals surface area contributed by atoms with Crippen LogP contribution < -0.4 is 5.32 Å². The molecular formula is C19H20FNO5S. The highest BCUT2D eigenvalue weighted by molar-refractivity contribution is 7.16. The van der Waals surface area contributed by atoms with E-state index in [0.717, 1.165) is 16.5 Å². The number of amides is 1. The number of hydrogen-bond acceptors (Lipinski definition) is 6. The average Bonchev–Trinajstić information content (AvgIpc) is 2.94. The Morgan fingerprint density at radius 3 is 2.52 bits per heavy atom. The Balaban J connectivity index is 2.07. The summed E-state index contributed by atoms with van der Waals surface area (Å²) in [5, 5.41) is 2.95. The molecule has 27 heavy (non-hydrogen) atoms. The first-order valence-corrected chi connectivity index (χ1v) is 9.20. The van der Waals surface area contributed by atoms with Gasteiger partial charge in [0, 0.05) is 4.88 Å². The summed E-state index contributed by atoms with van der Waals surface area (Å²) in [5.74, 6) is -2.50. The van der Waals surface area contributed by atoms with Gasteiger partial charge in [-0.1, -0.05) is 13.0 Å². The molecule has 1 aromatic carbocycles. The zero-order valence-electron chi connectivity index (χ0n) is 15.3. The minimum Gasteiger partial charge on any atom is -0.462 e. The molecule has 0 radical (unpaired) electrons. The van der Waals surface area contributed by atoms with Gasteiger partial charge in [-0.15, -0.1) is 11.3 Å². The van der Waals surface area contributed by atoms with Crippen LogP contribution in [-0.2, 0) is 20.7 Å². The predicted octanol–water partition coefficient (Wildman–Crippen LogP) is 3.73. The molecule has 6 nitrogen and oxygen atoms in total. The van der Waals surface area contributed by atoms with Gasteiger partial charge in [0.1, 0.15) is 10.8 Å². The van der Waals surface area contributed by atoms with Crippen molar-refractivity contribution >= 4 is 34.2 Å². The number of hydrogen-bond donors (Lipinski definition) is 1. The second kappa shape index (κ2) is 9.27. The molecule has 0 saturated heterocycles. The van der Waals surface area contributed by atoms with Crippen molar-refractivity contribution in [3.63, 3.8) is 0 Å². The first kappa shape index (κ1) is 20.6. The van der Waals surface area contributed by atoms with Gasteiger partial charge in [0.05, 0.1) is 17.7 Å². The maximum absolute atomic E-state index is 13.1. The van der Waals surface area contributed by atoms with Gasteiger partial charge in [-0.3, -0.25) is 4.79 Å². The highest BCUT2D eigenvalue weighted by Crippen LogP contribution is 2.34. The lowest BCUT2D eigenvalue weighted by Gasteiger charge is -2.08. The summed E-state index contributed by atoms with van der Waals surface area (Å²) in [6.45, 7) is 5.12. The third-order valence-corrected chi connectivity index (χ3v) is 4.75. The molecule has 0 spiro atoms. The number of rotatable bonds is 7. The number of anilines is 1. The van der Waals surface area contributed by atoms with Crippen LogP contribution in [0.2, 0.25) is 0 Å². The van der Waals surface area contributed by atoms with Crippen LogP contribution >= 0.6 is 11.3 Å². The van der Waals surface area contributed by atoms with E-state index in [9.17, 15) is 18.8 Å². The molecule has 144 valence electrons. The minimum atomic E-state index is -0.813. The van der Waals surface area contributed by atoms with Crippen molar-refractivity contribution in [2.75, 3.05) is 18.5 Å². The molecule has 0 saturated carbocycles.